The summed E-state index contributed by atoms with van der Waals surface area (Å²) in [4.78, 5) is 14.4. The molecule has 4 aromatic heterocycles. The molecule has 1 unspecified atom stereocenters. The second-order valence-electron chi connectivity index (χ2n) is 6.99. The molecule has 4 aromatic rings. The Labute approximate surface area is 233 Å². The summed E-state index contributed by atoms with van der Waals surface area (Å²) in [5.74, 6) is 2.64. The number of nitrogens with zero attached hydrogens (tertiary/aromatic N) is 4. The molecule has 0 spiro atoms. The molecule has 10 heteroatoms. The highest BCUT2D eigenvalue weighted by molar-refractivity contribution is 7.88. The van der Waals surface area contributed by atoms with Gasteiger partial charge < -0.3 is 10.3 Å². The first-order chi connectivity index (χ1) is 18.3. The topological polar surface area (TPSA) is 111 Å². The number of rotatable bonds is 4. The Bertz CT molecular complexity index is 1550. The van der Waals surface area contributed by atoms with Crippen molar-refractivity contribution >= 4 is 55.2 Å². The van der Waals surface area contributed by atoms with Crippen molar-refractivity contribution in [1.82, 2.24) is 19.5 Å². The Hall–Kier alpha value is -4.27. The van der Waals surface area contributed by atoms with Gasteiger partial charge in [-0.2, -0.15) is 0 Å². The molecule has 0 saturated heterocycles. The average molecular weight is 561 g/mol. The number of aromatic nitrogens is 4. The molecule has 4 heterocycles. The number of thiophene rings is 1. The first kappa shape index (κ1) is 31.8. The maximum Gasteiger partial charge on any atom is 0.141 e. The molecule has 0 aliphatic carbocycles. The van der Waals surface area contributed by atoms with E-state index in [1.54, 1.807) is 12.4 Å². The number of nitrogens with two attached hydrogens (primary N) is 1. The van der Waals surface area contributed by atoms with E-state index in [2.05, 4.69) is 71.5 Å². The quantitative estimate of drug-likeness (QED) is 0.164. The smallest absolute Gasteiger partial charge is 0.141 e. The average Bonchev–Trinajstić information content (AvgIpc) is 3.67. The molecule has 38 heavy (non-hydrogen) atoms. The van der Waals surface area contributed by atoms with E-state index in [1.165, 1.54) is 22.7 Å². The minimum Gasteiger partial charge on any atom is -0.396 e. The number of imidazole rings is 1. The monoisotopic (exact) mass is 560 g/mol. The lowest BCUT2D eigenvalue weighted by atomic mass is 10.1. The van der Waals surface area contributed by atoms with Crippen molar-refractivity contribution in [1.29, 1.82) is 5.41 Å². The zero-order valence-corrected chi connectivity index (χ0v) is 23.9. The number of hydrogen-bond donors (Lipinski definition) is 2. The highest BCUT2D eigenvalue weighted by atomic mass is 32.2. The van der Waals surface area contributed by atoms with Crippen molar-refractivity contribution in [2.45, 2.75) is 23.3 Å². The Kier molecular flexibility index (Phi) is 13.8. The lowest BCUT2D eigenvalue weighted by Crippen LogP contribution is -2.06. The van der Waals surface area contributed by atoms with E-state index in [1.807, 2.05) is 49.0 Å². The van der Waals surface area contributed by atoms with Gasteiger partial charge in [-0.15, -0.1) is 35.8 Å². The van der Waals surface area contributed by atoms with Crippen LogP contribution in [-0.4, -0.2) is 34.8 Å². The van der Waals surface area contributed by atoms with Crippen LogP contribution in [0.3, 0.4) is 0 Å². The molecule has 194 valence electrons. The molecular weight excluding hydrogens is 533 g/mol. The number of nitrogens with one attached hydrogen (secondary N) is 1. The summed E-state index contributed by atoms with van der Waals surface area (Å²) in [6.45, 7) is 19.4. The predicted molar refractivity (Wildman–Crippen MR) is 162 cm³/mol. The predicted octanol–water partition coefficient (Wildman–Crippen LogP) is 6.72. The SMILES string of the molecule is C=C.C=C=C=C=C.C=C=C=C=N.CC(C)S(=O)c1sc2nc(-c3nccs3)cc(-c3nccn3C)c2c1N. The van der Waals surface area contributed by atoms with E-state index in [4.69, 9.17) is 16.1 Å². The van der Waals surface area contributed by atoms with Gasteiger partial charge in [-0.1, -0.05) is 31.0 Å². The number of nitrogen functional groups attached to an aromatic ring is 1. The highest BCUT2D eigenvalue weighted by Gasteiger charge is 2.23. The van der Waals surface area contributed by atoms with Gasteiger partial charge in [0, 0.05) is 58.8 Å². The van der Waals surface area contributed by atoms with Gasteiger partial charge in [-0.05, 0) is 31.5 Å². The molecule has 0 bridgehead atoms. The van der Waals surface area contributed by atoms with Crippen molar-refractivity contribution in [2.75, 3.05) is 5.73 Å². The van der Waals surface area contributed by atoms with Crippen LogP contribution in [0, 0.1) is 5.41 Å². The second-order valence-corrected chi connectivity index (χ2v) is 11.1. The van der Waals surface area contributed by atoms with Crippen LogP contribution in [0.2, 0.25) is 0 Å². The van der Waals surface area contributed by atoms with Crippen molar-refractivity contribution in [3.05, 3.63) is 91.6 Å². The molecule has 1 atom stereocenters. The van der Waals surface area contributed by atoms with Gasteiger partial charge in [0.15, 0.2) is 0 Å². The summed E-state index contributed by atoms with van der Waals surface area (Å²) >= 11 is 2.92. The maximum absolute atomic E-state index is 12.7. The fraction of sp³-hybridized carbons (Fsp3) is 0.143. The van der Waals surface area contributed by atoms with Crippen molar-refractivity contribution in [3.8, 4) is 22.1 Å². The van der Waals surface area contributed by atoms with Crippen LogP contribution >= 0.6 is 22.7 Å². The van der Waals surface area contributed by atoms with Crippen LogP contribution in [0.15, 0.2) is 95.8 Å². The van der Waals surface area contributed by atoms with Crippen LogP contribution in [0.25, 0.3) is 32.3 Å². The van der Waals surface area contributed by atoms with Crippen LogP contribution in [-0.2, 0) is 17.8 Å². The number of hydrogen-bond acceptors (Lipinski definition) is 8. The summed E-state index contributed by atoms with van der Waals surface area (Å²) in [5, 5.41) is 9.69. The number of anilines is 1. The molecule has 0 fully saturated rings. The van der Waals surface area contributed by atoms with Crippen molar-refractivity contribution in [3.63, 3.8) is 0 Å². The maximum atomic E-state index is 12.7. The van der Waals surface area contributed by atoms with E-state index in [0.29, 0.717) is 9.90 Å². The largest absolute Gasteiger partial charge is 0.396 e. The molecular formula is C28H28N6OS3. The summed E-state index contributed by atoms with van der Waals surface area (Å²) < 4.78 is 15.3. The Morgan fingerprint density at radius 1 is 1.11 bits per heavy atom. The van der Waals surface area contributed by atoms with E-state index in [-0.39, 0.29) is 5.25 Å². The highest BCUT2D eigenvalue weighted by Crippen LogP contribution is 2.42. The summed E-state index contributed by atoms with van der Waals surface area (Å²) in [7, 11) is 0.768. The minimum absolute atomic E-state index is 0.0135. The standard InChI is InChI=1S/C17H17N5OS3.C5H4.C4H3N.C2H4/c1-9(2)26(23)17-13(18)12-10(14-19-4-6-22(14)3)8-11(21-16(12)25-17)15-20-5-7-24-15;1-3-5-4-2;1-2-3-4-5;1-2/h4-9H,18H2,1-3H3;1-2H2;5H,1H2;1-2H2. The molecule has 4 rings (SSSR count). The van der Waals surface area contributed by atoms with Gasteiger partial charge in [0.2, 0.25) is 0 Å². The number of fused-ring (bicyclic) bond motifs is 1. The summed E-state index contributed by atoms with van der Waals surface area (Å²) in [6.07, 6.45) is 5.40. The molecule has 0 aliphatic heterocycles. The normalized spacial score (nSPS) is 9.79. The first-order valence-electron chi connectivity index (χ1n) is 10.8. The summed E-state index contributed by atoms with van der Waals surface area (Å²) in [5.41, 5.74) is 20.1. The molecule has 3 N–H and O–H groups in total. The summed E-state index contributed by atoms with van der Waals surface area (Å²) in [6, 6.07) is 1.97. The number of aryl methyl sites for hydroxylation is 1. The molecule has 0 saturated carbocycles. The van der Waals surface area contributed by atoms with Gasteiger partial charge in [-0.3, -0.25) is 9.62 Å². The van der Waals surface area contributed by atoms with E-state index in [9.17, 15) is 4.21 Å². The van der Waals surface area contributed by atoms with Crippen molar-refractivity contribution in [2.24, 2.45) is 7.05 Å². The van der Waals surface area contributed by atoms with Gasteiger partial charge >= 0.3 is 0 Å². The van der Waals surface area contributed by atoms with Crippen molar-refractivity contribution < 1.29 is 4.21 Å². The fourth-order valence-electron chi connectivity index (χ4n) is 2.83. The second kappa shape index (κ2) is 16.5. The lowest BCUT2D eigenvalue weighted by molar-refractivity contribution is 0.678. The minimum atomic E-state index is -1.17. The molecule has 0 aliphatic rings. The Balaban J connectivity index is 0.000000511. The Morgan fingerprint density at radius 2 is 1.76 bits per heavy atom. The number of thiazole rings is 1. The first-order valence-corrected chi connectivity index (χ1v) is 13.7. The van der Waals surface area contributed by atoms with Gasteiger partial charge in [0.25, 0.3) is 0 Å². The zero-order chi connectivity index (χ0) is 28.7. The Morgan fingerprint density at radius 3 is 2.18 bits per heavy atom. The van der Waals surface area contributed by atoms with E-state index >= 15 is 0 Å². The third-order valence-corrected chi connectivity index (χ3v) is 8.19. The van der Waals surface area contributed by atoms with E-state index < -0.39 is 10.8 Å². The third-order valence-electron chi connectivity index (χ3n) is 4.32. The molecule has 0 radical (unpaired) electrons. The molecule has 0 amide bonds. The van der Waals surface area contributed by atoms with Crippen LogP contribution in [0.5, 0.6) is 0 Å². The third kappa shape index (κ3) is 8.12. The van der Waals surface area contributed by atoms with Crippen LogP contribution in [0.1, 0.15) is 13.8 Å². The lowest BCUT2D eigenvalue weighted by Gasteiger charge is -2.07. The number of pyridine rings is 1. The zero-order valence-electron chi connectivity index (χ0n) is 21.5. The van der Waals surface area contributed by atoms with Gasteiger partial charge in [0.05, 0.1) is 16.5 Å². The van der Waals surface area contributed by atoms with Gasteiger partial charge in [0.1, 0.15) is 25.6 Å². The van der Waals surface area contributed by atoms with E-state index in [0.717, 1.165) is 32.3 Å². The molecule has 0 aromatic carbocycles. The fourth-order valence-corrected chi connectivity index (χ4v) is 6.17. The van der Waals surface area contributed by atoms with Crippen LogP contribution < -0.4 is 5.73 Å². The van der Waals surface area contributed by atoms with Crippen LogP contribution in [0.4, 0.5) is 5.69 Å². The van der Waals surface area contributed by atoms with Gasteiger partial charge in [-0.25, -0.2) is 15.0 Å². The molecule has 7 nitrogen and oxygen atoms in total.